The van der Waals surface area contributed by atoms with E-state index in [0.29, 0.717) is 6.54 Å². The second-order valence-electron chi connectivity index (χ2n) is 2.58. The van der Waals surface area contributed by atoms with Gasteiger partial charge < -0.3 is 10.2 Å². The lowest BCUT2D eigenvalue weighted by atomic mass is 10.2. The van der Waals surface area contributed by atoms with E-state index in [-0.39, 0.29) is 6.03 Å². The fourth-order valence-electron chi connectivity index (χ4n) is 0.893. The molecule has 0 fully saturated rings. The van der Waals surface area contributed by atoms with Gasteiger partial charge in [-0.1, -0.05) is 0 Å². The highest BCUT2D eigenvalue weighted by Gasteiger charge is 2.16. The smallest absolute Gasteiger partial charge is 0.321 e. The van der Waals surface area contributed by atoms with E-state index < -0.39 is 0 Å². The largest absolute Gasteiger partial charge is 0.334 e. The molecule has 0 radical (unpaired) electrons. The van der Waals surface area contributed by atoms with Gasteiger partial charge in [-0.15, -0.1) is 0 Å². The zero-order valence-corrected chi connectivity index (χ0v) is 6.56. The van der Waals surface area contributed by atoms with Crippen LogP contribution in [0.25, 0.3) is 0 Å². The van der Waals surface area contributed by atoms with Crippen LogP contribution in [0.3, 0.4) is 0 Å². The van der Waals surface area contributed by atoms with E-state index in [2.05, 4.69) is 5.32 Å². The molecule has 1 aliphatic rings. The number of amides is 2. The first-order valence-electron chi connectivity index (χ1n) is 3.31. The van der Waals surface area contributed by atoms with E-state index >= 15 is 0 Å². The Morgan fingerprint density at radius 3 is 2.60 bits per heavy atom. The van der Waals surface area contributed by atoms with Gasteiger partial charge in [0.05, 0.1) is 0 Å². The number of allylic oxidation sites excluding steroid dienone is 1. The number of carbonyl (C=O) groups is 1. The summed E-state index contributed by atoms with van der Waals surface area (Å²) in [6.07, 6.45) is 0. The van der Waals surface area contributed by atoms with E-state index in [4.69, 9.17) is 0 Å². The lowest BCUT2D eigenvalue weighted by Crippen LogP contribution is -2.41. The second-order valence-corrected chi connectivity index (χ2v) is 2.58. The summed E-state index contributed by atoms with van der Waals surface area (Å²) in [6.45, 7) is 4.66. The third kappa shape index (κ3) is 0.988. The molecule has 10 heavy (non-hydrogen) atoms. The lowest BCUT2D eigenvalue weighted by Gasteiger charge is -2.25. The topological polar surface area (TPSA) is 32.3 Å². The molecular weight excluding hydrogens is 128 g/mol. The first kappa shape index (κ1) is 7.12. The highest BCUT2D eigenvalue weighted by molar-refractivity contribution is 5.77. The van der Waals surface area contributed by atoms with Gasteiger partial charge in [0, 0.05) is 19.3 Å². The molecule has 1 N–H and O–H groups in total. The van der Waals surface area contributed by atoms with E-state index in [0.717, 1.165) is 5.70 Å². The Morgan fingerprint density at radius 2 is 2.10 bits per heavy atom. The maximum Gasteiger partial charge on any atom is 0.321 e. The number of rotatable bonds is 0. The Labute approximate surface area is 60.7 Å². The number of hydrogen-bond acceptors (Lipinski definition) is 1. The molecule has 1 rings (SSSR count). The van der Waals surface area contributed by atoms with Crippen molar-refractivity contribution in [1.29, 1.82) is 0 Å². The van der Waals surface area contributed by atoms with Gasteiger partial charge in [0.15, 0.2) is 0 Å². The van der Waals surface area contributed by atoms with Crippen LogP contribution in [0.2, 0.25) is 0 Å². The fraction of sp³-hybridized carbons (Fsp3) is 0.571. The predicted octanol–water partition coefficient (Wildman–Crippen LogP) is 0.935. The Hall–Kier alpha value is -0.990. The zero-order valence-electron chi connectivity index (χ0n) is 6.56. The van der Waals surface area contributed by atoms with Gasteiger partial charge in [-0.2, -0.15) is 0 Å². The van der Waals surface area contributed by atoms with Crippen LogP contribution in [-0.4, -0.2) is 24.5 Å². The van der Waals surface area contributed by atoms with Crippen LogP contribution in [0, 0.1) is 0 Å². The van der Waals surface area contributed by atoms with Crippen molar-refractivity contribution in [2.24, 2.45) is 0 Å². The highest BCUT2D eigenvalue weighted by atomic mass is 16.2. The monoisotopic (exact) mass is 140 g/mol. The quantitative estimate of drug-likeness (QED) is 0.533. The van der Waals surface area contributed by atoms with E-state index in [1.54, 1.807) is 11.9 Å². The van der Waals surface area contributed by atoms with Gasteiger partial charge in [0.2, 0.25) is 0 Å². The average molecular weight is 140 g/mol. The van der Waals surface area contributed by atoms with Crippen molar-refractivity contribution in [2.45, 2.75) is 13.8 Å². The summed E-state index contributed by atoms with van der Waals surface area (Å²) in [5, 5.41) is 2.74. The summed E-state index contributed by atoms with van der Waals surface area (Å²) >= 11 is 0. The first-order chi connectivity index (χ1) is 4.63. The average Bonchev–Trinajstić information content (AvgIpc) is 1.93. The van der Waals surface area contributed by atoms with Gasteiger partial charge in [-0.25, -0.2) is 4.79 Å². The number of hydrogen-bond donors (Lipinski definition) is 1. The number of nitrogens with zero attached hydrogens (tertiary/aromatic N) is 1. The van der Waals surface area contributed by atoms with Crippen molar-refractivity contribution >= 4 is 6.03 Å². The molecule has 2 amide bonds. The molecule has 0 saturated carbocycles. The van der Waals surface area contributed by atoms with E-state index in [1.165, 1.54) is 5.57 Å². The number of nitrogens with one attached hydrogen (secondary N) is 1. The van der Waals surface area contributed by atoms with Crippen LogP contribution in [0.4, 0.5) is 4.79 Å². The molecule has 0 aromatic rings. The second kappa shape index (κ2) is 2.33. The van der Waals surface area contributed by atoms with Gasteiger partial charge in [0.1, 0.15) is 0 Å². The van der Waals surface area contributed by atoms with Crippen molar-refractivity contribution in [1.82, 2.24) is 10.2 Å². The predicted molar refractivity (Wildman–Crippen MR) is 39.5 cm³/mol. The third-order valence-corrected chi connectivity index (χ3v) is 1.93. The minimum absolute atomic E-state index is 0.0110. The summed E-state index contributed by atoms with van der Waals surface area (Å²) in [4.78, 5) is 12.6. The Bertz CT molecular complexity index is 196. The molecule has 56 valence electrons. The van der Waals surface area contributed by atoms with Crippen LogP contribution >= 0.6 is 0 Å². The molecule has 0 saturated heterocycles. The summed E-state index contributed by atoms with van der Waals surface area (Å²) in [5.74, 6) is 0. The summed E-state index contributed by atoms with van der Waals surface area (Å²) in [6, 6.07) is -0.0110. The number of urea groups is 1. The van der Waals surface area contributed by atoms with Crippen molar-refractivity contribution in [3.63, 3.8) is 0 Å². The van der Waals surface area contributed by atoms with Gasteiger partial charge >= 0.3 is 6.03 Å². The van der Waals surface area contributed by atoms with Crippen LogP contribution in [0.1, 0.15) is 13.8 Å². The van der Waals surface area contributed by atoms with Crippen LogP contribution in [0.5, 0.6) is 0 Å². The Kier molecular flexibility index (Phi) is 1.66. The lowest BCUT2D eigenvalue weighted by molar-refractivity contribution is 0.216. The van der Waals surface area contributed by atoms with Crippen molar-refractivity contribution in [3.05, 3.63) is 11.3 Å². The summed E-state index contributed by atoms with van der Waals surface area (Å²) in [5.41, 5.74) is 2.28. The van der Waals surface area contributed by atoms with E-state index in [1.807, 2.05) is 13.8 Å². The molecule has 0 aliphatic carbocycles. The molecular formula is C7H12N2O. The molecule has 0 aromatic heterocycles. The summed E-state index contributed by atoms with van der Waals surface area (Å²) < 4.78 is 0. The van der Waals surface area contributed by atoms with Gasteiger partial charge in [0.25, 0.3) is 0 Å². The van der Waals surface area contributed by atoms with Crippen LogP contribution < -0.4 is 5.32 Å². The standard InChI is InChI=1S/C7H12N2O/c1-5-4-8-7(10)9(3)6(5)2/h4H2,1-3H3,(H,8,10). The molecule has 1 heterocycles. The Balaban J connectivity index is 2.88. The fourth-order valence-corrected chi connectivity index (χ4v) is 0.893. The third-order valence-electron chi connectivity index (χ3n) is 1.93. The SMILES string of the molecule is CC1=C(C)N(C)C(=O)NC1. The first-order valence-corrected chi connectivity index (χ1v) is 3.31. The minimum atomic E-state index is -0.0110. The molecule has 0 unspecified atom stereocenters. The van der Waals surface area contributed by atoms with Gasteiger partial charge in [-0.05, 0) is 19.4 Å². The normalized spacial score (nSPS) is 19.5. The van der Waals surface area contributed by atoms with Crippen molar-refractivity contribution in [2.75, 3.05) is 13.6 Å². The molecule has 1 aliphatic heterocycles. The molecule has 0 bridgehead atoms. The summed E-state index contributed by atoms with van der Waals surface area (Å²) in [7, 11) is 1.77. The molecule has 3 heteroatoms. The van der Waals surface area contributed by atoms with Crippen LogP contribution in [-0.2, 0) is 0 Å². The van der Waals surface area contributed by atoms with Crippen molar-refractivity contribution < 1.29 is 4.79 Å². The molecule has 0 spiro atoms. The minimum Gasteiger partial charge on any atom is -0.334 e. The molecule has 3 nitrogen and oxygen atoms in total. The number of carbonyl (C=O) groups excluding carboxylic acids is 1. The Morgan fingerprint density at radius 1 is 1.50 bits per heavy atom. The maximum atomic E-state index is 10.9. The zero-order chi connectivity index (χ0) is 7.72. The highest BCUT2D eigenvalue weighted by Crippen LogP contribution is 2.10. The van der Waals surface area contributed by atoms with Crippen molar-refractivity contribution in [3.8, 4) is 0 Å². The van der Waals surface area contributed by atoms with E-state index in [9.17, 15) is 4.79 Å². The molecule has 0 aromatic carbocycles. The maximum absolute atomic E-state index is 10.9. The van der Waals surface area contributed by atoms with Crippen LogP contribution in [0.15, 0.2) is 11.3 Å². The van der Waals surface area contributed by atoms with Gasteiger partial charge in [-0.3, -0.25) is 0 Å². The molecule has 0 atom stereocenters.